The van der Waals surface area contributed by atoms with Crippen LogP contribution in [0.1, 0.15) is 39.0 Å². The zero-order valence-corrected chi connectivity index (χ0v) is 11.7. The molecule has 3 heteroatoms. The van der Waals surface area contributed by atoms with Gasteiger partial charge in [-0.3, -0.25) is 0 Å². The summed E-state index contributed by atoms with van der Waals surface area (Å²) in [5.74, 6) is 0.756. The largest absolute Gasteiger partial charge is 0.394 e. The summed E-state index contributed by atoms with van der Waals surface area (Å²) >= 11 is 6.19. The fourth-order valence-electron chi connectivity index (χ4n) is 2.75. The average Bonchev–Trinajstić information content (AvgIpc) is 2.56. The quantitative estimate of drug-likeness (QED) is 0.809. The van der Waals surface area contributed by atoms with Crippen molar-refractivity contribution >= 4 is 17.3 Å². The minimum Gasteiger partial charge on any atom is -0.394 e. The number of hydrogen-bond donors (Lipinski definition) is 2. The van der Waals surface area contributed by atoms with Crippen LogP contribution in [-0.2, 0) is 0 Å². The number of rotatable bonds is 3. The van der Waals surface area contributed by atoms with Crippen LogP contribution in [0.25, 0.3) is 0 Å². The van der Waals surface area contributed by atoms with Crippen molar-refractivity contribution < 1.29 is 5.11 Å². The van der Waals surface area contributed by atoms with Gasteiger partial charge < -0.3 is 10.4 Å². The van der Waals surface area contributed by atoms with Gasteiger partial charge in [-0.05, 0) is 37.3 Å². The molecule has 2 rings (SSSR count). The molecule has 2 N–H and O–H groups in total. The second-order valence-corrected chi connectivity index (χ2v) is 5.99. The smallest absolute Gasteiger partial charge is 0.0661 e. The Kier molecular flexibility index (Phi) is 4.52. The fourth-order valence-corrected chi connectivity index (χ4v) is 2.93. The monoisotopic (exact) mass is 267 g/mol. The second-order valence-electron chi connectivity index (χ2n) is 5.58. The Labute approximate surface area is 114 Å². The van der Waals surface area contributed by atoms with Gasteiger partial charge in [0.15, 0.2) is 0 Å². The van der Waals surface area contributed by atoms with Crippen molar-refractivity contribution in [1.29, 1.82) is 0 Å². The van der Waals surface area contributed by atoms with Gasteiger partial charge in [-0.1, -0.05) is 43.5 Å². The summed E-state index contributed by atoms with van der Waals surface area (Å²) in [5, 5.41) is 14.0. The van der Waals surface area contributed by atoms with Gasteiger partial charge in [-0.2, -0.15) is 0 Å². The van der Waals surface area contributed by atoms with E-state index in [0.29, 0.717) is 0 Å². The lowest BCUT2D eigenvalue weighted by atomic mass is 9.90. The Morgan fingerprint density at radius 1 is 1.33 bits per heavy atom. The normalized spacial score (nSPS) is 28.7. The molecule has 1 aliphatic carbocycles. The summed E-state index contributed by atoms with van der Waals surface area (Å²) in [6, 6.07) is 7.76. The van der Waals surface area contributed by atoms with Gasteiger partial charge in [0, 0.05) is 0 Å². The predicted octanol–water partition coefficient (Wildman–Crippen LogP) is 4.08. The minimum absolute atomic E-state index is 0.172. The molecule has 1 fully saturated rings. The van der Waals surface area contributed by atoms with E-state index in [2.05, 4.69) is 12.2 Å². The molecule has 1 aromatic carbocycles. The van der Waals surface area contributed by atoms with Crippen molar-refractivity contribution in [2.75, 3.05) is 11.9 Å². The third-order valence-electron chi connectivity index (χ3n) is 4.04. The van der Waals surface area contributed by atoms with Crippen LogP contribution in [0, 0.1) is 5.92 Å². The number of para-hydroxylation sites is 1. The molecular formula is C15H22ClNO. The van der Waals surface area contributed by atoms with Gasteiger partial charge in [0.05, 0.1) is 22.9 Å². The standard InChI is InChI=1S/C15H22ClNO/c1-12-5-4-9-15(11-18,10-8-12)17-14-7-3-2-6-13(14)16/h2-3,6-7,12,17-18H,4-5,8-11H2,1H3. The molecule has 0 radical (unpaired) electrons. The molecule has 1 aliphatic rings. The highest BCUT2D eigenvalue weighted by molar-refractivity contribution is 6.33. The number of aliphatic hydroxyl groups is 1. The molecule has 0 saturated heterocycles. The molecule has 0 amide bonds. The van der Waals surface area contributed by atoms with Crippen LogP contribution in [0.4, 0.5) is 5.69 Å². The van der Waals surface area contributed by atoms with Gasteiger partial charge >= 0.3 is 0 Å². The van der Waals surface area contributed by atoms with E-state index in [1.165, 1.54) is 12.8 Å². The van der Waals surface area contributed by atoms with E-state index >= 15 is 0 Å². The van der Waals surface area contributed by atoms with Crippen LogP contribution in [0.15, 0.2) is 24.3 Å². The van der Waals surface area contributed by atoms with E-state index in [1.54, 1.807) is 0 Å². The van der Waals surface area contributed by atoms with Crippen molar-refractivity contribution in [1.82, 2.24) is 0 Å². The maximum atomic E-state index is 9.80. The summed E-state index contributed by atoms with van der Waals surface area (Å²) in [6.45, 7) is 2.47. The van der Waals surface area contributed by atoms with E-state index in [4.69, 9.17) is 11.6 Å². The molecule has 0 heterocycles. The molecule has 100 valence electrons. The summed E-state index contributed by atoms with van der Waals surface area (Å²) < 4.78 is 0. The van der Waals surface area contributed by atoms with Crippen LogP contribution in [-0.4, -0.2) is 17.3 Å². The fraction of sp³-hybridized carbons (Fsp3) is 0.600. The molecular weight excluding hydrogens is 246 g/mol. The van der Waals surface area contributed by atoms with Gasteiger partial charge in [0.2, 0.25) is 0 Å². The molecule has 2 unspecified atom stereocenters. The highest BCUT2D eigenvalue weighted by Crippen LogP contribution is 2.34. The first-order chi connectivity index (χ1) is 8.65. The van der Waals surface area contributed by atoms with Gasteiger partial charge in [-0.25, -0.2) is 0 Å². The van der Waals surface area contributed by atoms with Crippen LogP contribution in [0.2, 0.25) is 5.02 Å². The van der Waals surface area contributed by atoms with Gasteiger partial charge in [-0.15, -0.1) is 0 Å². The molecule has 18 heavy (non-hydrogen) atoms. The summed E-state index contributed by atoms with van der Waals surface area (Å²) in [5.41, 5.74) is 0.734. The van der Waals surface area contributed by atoms with Crippen LogP contribution < -0.4 is 5.32 Å². The van der Waals surface area contributed by atoms with Crippen molar-refractivity contribution in [3.63, 3.8) is 0 Å². The van der Waals surface area contributed by atoms with Gasteiger partial charge in [0.25, 0.3) is 0 Å². The third-order valence-corrected chi connectivity index (χ3v) is 4.37. The first kappa shape index (κ1) is 13.7. The number of halogens is 1. The maximum Gasteiger partial charge on any atom is 0.0661 e. The van der Waals surface area contributed by atoms with E-state index < -0.39 is 0 Å². The molecule has 0 spiro atoms. The van der Waals surface area contributed by atoms with Crippen molar-refractivity contribution in [2.24, 2.45) is 5.92 Å². The molecule has 1 saturated carbocycles. The Morgan fingerprint density at radius 3 is 2.83 bits per heavy atom. The Morgan fingerprint density at radius 2 is 2.11 bits per heavy atom. The van der Waals surface area contributed by atoms with Crippen molar-refractivity contribution in [3.8, 4) is 0 Å². The topological polar surface area (TPSA) is 32.3 Å². The predicted molar refractivity (Wildman–Crippen MR) is 77.1 cm³/mol. The first-order valence-corrected chi connectivity index (χ1v) is 7.17. The summed E-state index contributed by atoms with van der Waals surface area (Å²) in [4.78, 5) is 0. The number of hydrogen-bond acceptors (Lipinski definition) is 2. The number of anilines is 1. The number of aliphatic hydroxyl groups excluding tert-OH is 1. The zero-order valence-electron chi connectivity index (χ0n) is 11.0. The zero-order chi connectivity index (χ0) is 13.0. The lowest BCUT2D eigenvalue weighted by molar-refractivity contribution is 0.195. The maximum absolute atomic E-state index is 9.80. The van der Waals surface area contributed by atoms with E-state index in [9.17, 15) is 5.11 Å². The molecule has 1 aromatic rings. The molecule has 2 nitrogen and oxygen atoms in total. The highest BCUT2D eigenvalue weighted by Gasteiger charge is 2.32. The first-order valence-electron chi connectivity index (χ1n) is 6.79. The summed E-state index contributed by atoms with van der Waals surface area (Å²) in [6.07, 6.45) is 5.61. The number of benzene rings is 1. The SMILES string of the molecule is CC1CCCC(CO)(Nc2ccccc2Cl)CC1. The Hall–Kier alpha value is -0.730. The lowest BCUT2D eigenvalue weighted by Crippen LogP contribution is -2.41. The Balaban J connectivity index is 2.15. The minimum atomic E-state index is -0.199. The molecule has 0 aromatic heterocycles. The molecule has 0 aliphatic heterocycles. The Bertz CT molecular complexity index is 396. The van der Waals surface area contributed by atoms with Crippen LogP contribution >= 0.6 is 11.6 Å². The molecule has 0 bridgehead atoms. The van der Waals surface area contributed by atoms with E-state index in [1.807, 2.05) is 24.3 Å². The second kappa shape index (κ2) is 5.94. The highest BCUT2D eigenvalue weighted by atomic mass is 35.5. The van der Waals surface area contributed by atoms with Crippen LogP contribution in [0.5, 0.6) is 0 Å². The van der Waals surface area contributed by atoms with E-state index in [0.717, 1.165) is 35.9 Å². The van der Waals surface area contributed by atoms with Gasteiger partial charge in [0.1, 0.15) is 0 Å². The third kappa shape index (κ3) is 3.18. The van der Waals surface area contributed by atoms with Crippen molar-refractivity contribution in [3.05, 3.63) is 29.3 Å². The average molecular weight is 268 g/mol. The number of nitrogens with one attached hydrogen (secondary N) is 1. The van der Waals surface area contributed by atoms with Crippen LogP contribution in [0.3, 0.4) is 0 Å². The summed E-state index contributed by atoms with van der Waals surface area (Å²) in [7, 11) is 0. The lowest BCUT2D eigenvalue weighted by Gasteiger charge is -2.33. The molecule has 2 atom stereocenters. The van der Waals surface area contributed by atoms with Crippen molar-refractivity contribution in [2.45, 2.75) is 44.6 Å². The van der Waals surface area contributed by atoms with E-state index in [-0.39, 0.29) is 12.1 Å².